The summed E-state index contributed by atoms with van der Waals surface area (Å²) in [4.78, 5) is 29.5. The number of benzene rings is 4. The smallest absolute Gasteiger partial charge is 0.360 e. The molecule has 3 fully saturated rings. The SMILES string of the molecule is O=C(OC(C(=O)OC1C[C@H]2CC[C@@H](C1)[N+]21CCCC1)(c1ccccc1)c1ccccc1)C(O)(c1ccccc1)c1ccccc1.[Cl-]. The fraction of sp³-hybridized carbons (Fsp3) is 0.333. The molecule has 6 nitrogen and oxygen atoms in total. The molecule has 2 bridgehead atoms. The molecule has 3 atom stereocenters. The maximum absolute atomic E-state index is 14.8. The van der Waals surface area contributed by atoms with Crippen LogP contribution in [0, 0.1) is 0 Å². The molecule has 0 aliphatic carbocycles. The lowest BCUT2D eigenvalue weighted by Crippen LogP contribution is -3.00. The highest BCUT2D eigenvalue weighted by Crippen LogP contribution is 2.47. The van der Waals surface area contributed by atoms with Gasteiger partial charge in [0.2, 0.25) is 5.60 Å². The zero-order chi connectivity index (χ0) is 30.9. The fourth-order valence-corrected chi connectivity index (χ4v) is 8.42. The van der Waals surface area contributed by atoms with E-state index in [4.69, 9.17) is 9.47 Å². The van der Waals surface area contributed by atoms with E-state index >= 15 is 0 Å². The van der Waals surface area contributed by atoms with Gasteiger partial charge in [-0.1, -0.05) is 121 Å². The van der Waals surface area contributed by atoms with Gasteiger partial charge < -0.3 is 31.5 Å². The lowest BCUT2D eigenvalue weighted by atomic mass is 9.83. The van der Waals surface area contributed by atoms with Crippen LogP contribution in [0.5, 0.6) is 0 Å². The molecule has 3 aliphatic rings. The molecule has 3 saturated heterocycles. The van der Waals surface area contributed by atoms with Gasteiger partial charge in [0.25, 0.3) is 5.60 Å². The molecule has 1 unspecified atom stereocenters. The van der Waals surface area contributed by atoms with Gasteiger partial charge in [-0.15, -0.1) is 0 Å². The summed E-state index contributed by atoms with van der Waals surface area (Å²) in [6.07, 6.45) is 6.22. The predicted molar refractivity (Wildman–Crippen MR) is 171 cm³/mol. The molecule has 3 aliphatic heterocycles. The van der Waals surface area contributed by atoms with Crippen molar-refractivity contribution in [3.05, 3.63) is 144 Å². The van der Waals surface area contributed by atoms with Gasteiger partial charge in [0.15, 0.2) is 0 Å². The first kappa shape index (κ1) is 32.0. The van der Waals surface area contributed by atoms with E-state index in [9.17, 15) is 14.7 Å². The molecular formula is C39H40ClNO5. The van der Waals surface area contributed by atoms with Gasteiger partial charge in [-0.25, -0.2) is 9.59 Å². The summed E-state index contributed by atoms with van der Waals surface area (Å²) >= 11 is 0. The first-order valence-corrected chi connectivity index (χ1v) is 16.2. The summed E-state index contributed by atoms with van der Waals surface area (Å²) in [5, 5.41) is 12.3. The third kappa shape index (κ3) is 5.32. The Labute approximate surface area is 277 Å². The Morgan fingerprint density at radius 2 is 1.00 bits per heavy atom. The highest BCUT2D eigenvalue weighted by molar-refractivity contribution is 5.92. The Balaban J connectivity index is 0.00000372. The van der Waals surface area contributed by atoms with E-state index < -0.39 is 23.1 Å². The number of carbonyl (C=O) groups excluding carboxylic acids is 2. The average molecular weight is 638 g/mol. The normalized spacial score (nSPS) is 21.7. The minimum absolute atomic E-state index is 0. The second kappa shape index (κ2) is 13.0. The number of aliphatic hydroxyl groups is 1. The molecule has 0 aromatic heterocycles. The Bertz CT molecular complexity index is 1530. The summed E-state index contributed by atoms with van der Waals surface area (Å²) < 4.78 is 14.1. The number of rotatable bonds is 8. The highest BCUT2D eigenvalue weighted by Gasteiger charge is 2.58. The second-order valence-electron chi connectivity index (χ2n) is 12.9. The Morgan fingerprint density at radius 3 is 1.41 bits per heavy atom. The molecular weight excluding hydrogens is 598 g/mol. The van der Waals surface area contributed by atoms with Crippen molar-refractivity contribution in [2.24, 2.45) is 0 Å². The second-order valence-corrected chi connectivity index (χ2v) is 12.9. The van der Waals surface area contributed by atoms with Gasteiger partial charge in [0.05, 0.1) is 25.2 Å². The lowest BCUT2D eigenvalue weighted by Gasteiger charge is -2.47. The number of piperidine rings is 1. The molecule has 46 heavy (non-hydrogen) atoms. The van der Waals surface area contributed by atoms with Gasteiger partial charge in [-0.2, -0.15) is 0 Å². The number of esters is 2. The van der Waals surface area contributed by atoms with E-state index in [1.807, 2.05) is 48.5 Å². The molecule has 7 rings (SSSR count). The van der Waals surface area contributed by atoms with Crippen molar-refractivity contribution in [2.45, 2.75) is 67.9 Å². The van der Waals surface area contributed by atoms with Crippen LogP contribution in [-0.4, -0.2) is 52.8 Å². The summed E-state index contributed by atoms with van der Waals surface area (Å²) in [6.45, 7) is 2.45. The lowest BCUT2D eigenvalue weighted by molar-refractivity contribution is -0.956. The molecule has 3 heterocycles. The first-order valence-electron chi connectivity index (χ1n) is 16.2. The number of halogens is 1. The molecule has 7 heteroatoms. The monoisotopic (exact) mass is 637 g/mol. The van der Waals surface area contributed by atoms with Crippen LogP contribution in [0.4, 0.5) is 0 Å². The minimum atomic E-state index is -2.19. The van der Waals surface area contributed by atoms with Crippen molar-refractivity contribution >= 4 is 11.9 Å². The summed E-state index contributed by atoms with van der Waals surface area (Å²) in [7, 11) is 0. The maximum Gasteiger partial charge on any atom is 0.360 e. The Morgan fingerprint density at radius 1 is 0.609 bits per heavy atom. The number of ether oxygens (including phenoxy) is 2. The largest absolute Gasteiger partial charge is 1.00 e. The first-order chi connectivity index (χ1) is 22.0. The van der Waals surface area contributed by atoms with Gasteiger partial charge in [-0.3, -0.25) is 0 Å². The van der Waals surface area contributed by atoms with Crippen LogP contribution in [0.2, 0.25) is 0 Å². The van der Waals surface area contributed by atoms with E-state index in [0.717, 1.165) is 25.7 Å². The van der Waals surface area contributed by atoms with Crippen LogP contribution >= 0.6 is 0 Å². The zero-order valence-corrected chi connectivity index (χ0v) is 26.6. The molecule has 1 N–H and O–H groups in total. The van der Waals surface area contributed by atoms with Gasteiger partial charge in [0.1, 0.15) is 6.10 Å². The molecule has 4 aromatic rings. The van der Waals surface area contributed by atoms with Crippen molar-refractivity contribution in [3.8, 4) is 0 Å². The standard InChI is InChI=1S/C39H40NO5.ClH/c41-36(38(43,29-15-5-1-6-16-29)30-17-7-2-8-18-30)45-39(31-19-9-3-10-20-31,32-21-11-4-12-22-32)37(42)44-35-27-33-23-24-34(28-35)40(33)25-13-14-26-40;/h1-12,15-22,33-35,43H,13-14,23-28H2;1H/q+1;/p-1/t33-,34+,35?;. The average Bonchev–Trinajstić information content (AvgIpc) is 3.64. The van der Waals surface area contributed by atoms with E-state index in [2.05, 4.69) is 0 Å². The number of carbonyl (C=O) groups is 2. The summed E-state index contributed by atoms with van der Waals surface area (Å²) in [5.74, 6) is -1.61. The minimum Gasteiger partial charge on any atom is -1.00 e. The zero-order valence-electron chi connectivity index (χ0n) is 25.8. The Kier molecular flexibility index (Phi) is 9.06. The number of hydrogen-bond donors (Lipinski definition) is 1. The number of hydrogen-bond acceptors (Lipinski definition) is 5. The van der Waals surface area contributed by atoms with E-state index in [0.29, 0.717) is 34.3 Å². The van der Waals surface area contributed by atoms with Gasteiger partial charge >= 0.3 is 11.9 Å². The highest BCUT2D eigenvalue weighted by atomic mass is 35.5. The predicted octanol–water partition coefficient (Wildman–Crippen LogP) is 3.26. The van der Waals surface area contributed by atoms with Crippen molar-refractivity contribution in [1.82, 2.24) is 0 Å². The number of nitrogens with zero attached hydrogens (tertiary/aromatic N) is 1. The molecule has 238 valence electrons. The van der Waals surface area contributed by atoms with Crippen molar-refractivity contribution in [1.29, 1.82) is 0 Å². The van der Waals surface area contributed by atoms with E-state index in [-0.39, 0.29) is 18.5 Å². The summed E-state index contributed by atoms with van der Waals surface area (Å²) in [5.41, 5.74) is -2.54. The molecule has 0 saturated carbocycles. The van der Waals surface area contributed by atoms with Gasteiger partial charge in [0, 0.05) is 49.7 Å². The quantitative estimate of drug-likeness (QED) is 0.237. The molecule has 0 amide bonds. The van der Waals surface area contributed by atoms with Crippen molar-refractivity contribution in [3.63, 3.8) is 0 Å². The third-order valence-corrected chi connectivity index (χ3v) is 10.6. The van der Waals surface area contributed by atoms with Crippen LogP contribution in [0.1, 0.15) is 60.8 Å². The Hall–Kier alpha value is -3.97. The van der Waals surface area contributed by atoms with Crippen LogP contribution in [-0.2, 0) is 30.3 Å². The fourth-order valence-electron chi connectivity index (χ4n) is 8.42. The topological polar surface area (TPSA) is 72.8 Å². The van der Waals surface area contributed by atoms with Crippen LogP contribution < -0.4 is 12.4 Å². The van der Waals surface area contributed by atoms with E-state index in [1.165, 1.54) is 30.4 Å². The maximum atomic E-state index is 14.8. The van der Waals surface area contributed by atoms with Crippen LogP contribution in [0.15, 0.2) is 121 Å². The number of quaternary nitrogens is 1. The summed E-state index contributed by atoms with van der Waals surface area (Å²) in [6, 6.07) is 36.5. The van der Waals surface area contributed by atoms with Crippen LogP contribution in [0.25, 0.3) is 0 Å². The molecule has 4 aromatic carbocycles. The van der Waals surface area contributed by atoms with Crippen molar-refractivity contribution < 1.29 is 41.1 Å². The van der Waals surface area contributed by atoms with Gasteiger partial charge in [-0.05, 0) is 11.1 Å². The van der Waals surface area contributed by atoms with E-state index in [1.54, 1.807) is 72.8 Å². The van der Waals surface area contributed by atoms with Crippen molar-refractivity contribution in [2.75, 3.05) is 13.1 Å². The van der Waals surface area contributed by atoms with Crippen LogP contribution in [0.3, 0.4) is 0 Å². The molecule has 0 radical (unpaired) electrons. The molecule has 1 spiro atoms. The third-order valence-electron chi connectivity index (χ3n) is 10.6.